The molecule has 2 atom stereocenters. The van der Waals surface area contributed by atoms with Gasteiger partial charge in [-0.15, -0.1) is 0 Å². The largest absolute Gasteiger partial charge is 0.466 e. The normalized spacial score (nSPS) is 15.0. The summed E-state index contributed by atoms with van der Waals surface area (Å²) in [6.07, 6.45) is 11.4. The van der Waals surface area contributed by atoms with Gasteiger partial charge >= 0.3 is 5.97 Å². The van der Waals surface area contributed by atoms with E-state index in [1.807, 2.05) is 6.08 Å². The van der Waals surface area contributed by atoms with Gasteiger partial charge in [0.1, 0.15) is 0 Å². The van der Waals surface area contributed by atoms with Crippen LogP contribution in [0.5, 0.6) is 0 Å². The van der Waals surface area contributed by atoms with Gasteiger partial charge in [-0.1, -0.05) is 31.9 Å². The Morgan fingerprint density at radius 2 is 1.77 bits per heavy atom. The van der Waals surface area contributed by atoms with Crippen LogP contribution in [0.15, 0.2) is 23.8 Å². The fourth-order valence-corrected chi connectivity index (χ4v) is 3.14. The topological polar surface area (TPSA) is 26.3 Å². The Morgan fingerprint density at radius 1 is 1.14 bits per heavy atom. The van der Waals surface area contributed by atoms with E-state index in [0.29, 0.717) is 11.7 Å². The number of ether oxygens (including phenoxy) is 1. The fraction of sp³-hybridized carbons (Fsp3) is 0.706. The molecule has 5 heteroatoms. The Hall–Kier alpha value is -0.000000000000000111. The number of esters is 1. The molecule has 0 aliphatic carbocycles. The van der Waals surface area contributed by atoms with E-state index in [1.165, 1.54) is 38.9 Å². The number of hydrogen-bond acceptors (Lipinski definition) is 5. The highest BCUT2D eigenvalue weighted by Gasteiger charge is 2.08. The summed E-state index contributed by atoms with van der Waals surface area (Å²) in [5.74, 6) is 3.37. The molecule has 2 unspecified atom stereocenters. The van der Waals surface area contributed by atoms with E-state index >= 15 is 0 Å². The Kier molecular flexibility index (Phi) is 14.6. The van der Waals surface area contributed by atoms with Crippen molar-refractivity contribution in [2.75, 3.05) is 24.4 Å². The van der Waals surface area contributed by atoms with Crippen molar-refractivity contribution in [3.8, 4) is 0 Å². The molecule has 0 amide bonds. The first-order valence-electron chi connectivity index (χ1n) is 7.88. The lowest BCUT2D eigenvalue weighted by atomic mass is 9.95. The summed E-state index contributed by atoms with van der Waals surface area (Å²) in [4.78, 5) is 11.2. The number of thiol groups is 3. The molecule has 128 valence electrons. The van der Waals surface area contributed by atoms with Crippen LogP contribution in [0.2, 0.25) is 0 Å². The minimum absolute atomic E-state index is 0.336. The lowest BCUT2D eigenvalue weighted by Crippen LogP contribution is -2.05. The summed E-state index contributed by atoms with van der Waals surface area (Å²) < 4.78 is 4.63. The molecule has 0 aromatic carbocycles. The van der Waals surface area contributed by atoms with E-state index < -0.39 is 0 Å². The van der Waals surface area contributed by atoms with E-state index in [0.717, 1.165) is 29.4 Å². The Balaban J connectivity index is 4.24. The molecular formula is C17H30O2S3. The maximum Gasteiger partial charge on any atom is 0.330 e. The van der Waals surface area contributed by atoms with E-state index in [1.54, 1.807) is 0 Å². The third kappa shape index (κ3) is 10.7. The quantitative estimate of drug-likeness (QED) is 0.204. The summed E-state index contributed by atoms with van der Waals surface area (Å²) >= 11 is 13.1. The van der Waals surface area contributed by atoms with Gasteiger partial charge < -0.3 is 4.74 Å². The van der Waals surface area contributed by atoms with Crippen molar-refractivity contribution in [3.63, 3.8) is 0 Å². The minimum Gasteiger partial charge on any atom is -0.466 e. The van der Waals surface area contributed by atoms with Gasteiger partial charge in [0.2, 0.25) is 0 Å². The Bertz CT molecular complexity index is 350. The van der Waals surface area contributed by atoms with Crippen LogP contribution >= 0.6 is 37.9 Å². The minimum atomic E-state index is -0.336. The zero-order chi connectivity index (χ0) is 16.8. The summed E-state index contributed by atoms with van der Waals surface area (Å²) in [5, 5.41) is 0. The highest BCUT2D eigenvalue weighted by atomic mass is 32.1. The first-order valence-corrected chi connectivity index (χ1v) is 9.78. The van der Waals surface area contributed by atoms with Crippen LogP contribution in [-0.4, -0.2) is 30.3 Å². The van der Waals surface area contributed by atoms with Crippen molar-refractivity contribution < 1.29 is 9.53 Å². The van der Waals surface area contributed by atoms with Gasteiger partial charge in [-0.2, -0.15) is 37.9 Å². The molecule has 0 spiro atoms. The second-order valence-corrected chi connectivity index (χ2v) is 6.52. The van der Waals surface area contributed by atoms with Gasteiger partial charge in [0.25, 0.3) is 0 Å². The highest BCUT2D eigenvalue weighted by molar-refractivity contribution is 7.80. The zero-order valence-electron chi connectivity index (χ0n) is 13.7. The molecule has 0 aliphatic rings. The molecule has 0 N–H and O–H groups in total. The lowest BCUT2D eigenvalue weighted by molar-refractivity contribution is -0.134. The molecule has 0 aromatic rings. The van der Waals surface area contributed by atoms with E-state index in [-0.39, 0.29) is 5.97 Å². The number of allylic oxidation sites excluding steroid dienone is 2. The molecule has 2 nitrogen and oxygen atoms in total. The smallest absolute Gasteiger partial charge is 0.330 e. The number of hydrogen-bond donors (Lipinski definition) is 3. The number of rotatable bonds is 12. The van der Waals surface area contributed by atoms with Gasteiger partial charge in [0.05, 0.1) is 7.11 Å². The fourth-order valence-electron chi connectivity index (χ4n) is 2.17. The molecule has 0 heterocycles. The van der Waals surface area contributed by atoms with Gasteiger partial charge in [0, 0.05) is 11.8 Å². The maximum atomic E-state index is 11.2. The van der Waals surface area contributed by atoms with Crippen LogP contribution in [0.4, 0.5) is 0 Å². The first kappa shape index (κ1) is 22.0. The summed E-state index contributed by atoms with van der Waals surface area (Å²) in [5.41, 5.74) is 0.870. The zero-order valence-corrected chi connectivity index (χ0v) is 16.4. The van der Waals surface area contributed by atoms with Gasteiger partial charge in [0.15, 0.2) is 0 Å². The van der Waals surface area contributed by atoms with E-state index in [2.05, 4.69) is 55.6 Å². The SMILES string of the molecule is CCC(CS)CCCC(CS)CC=CC(=CC(=O)OC)CS. The van der Waals surface area contributed by atoms with Crippen LogP contribution < -0.4 is 0 Å². The van der Waals surface area contributed by atoms with Gasteiger partial charge in [-0.3, -0.25) is 0 Å². The van der Waals surface area contributed by atoms with Crippen LogP contribution in [0.3, 0.4) is 0 Å². The summed E-state index contributed by atoms with van der Waals surface area (Å²) in [6.45, 7) is 2.23. The molecule has 0 fully saturated rings. The monoisotopic (exact) mass is 362 g/mol. The van der Waals surface area contributed by atoms with Crippen LogP contribution in [0.1, 0.15) is 39.0 Å². The predicted molar refractivity (Wildman–Crippen MR) is 107 cm³/mol. The van der Waals surface area contributed by atoms with E-state index in [9.17, 15) is 4.79 Å². The first-order chi connectivity index (χ1) is 10.6. The van der Waals surface area contributed by atoms with Crippen molar-refractivity contribution in [1.82, 2.24) is 0 Å². The van der Waals surface area contributed by atoms with Gasteiger partial charge in [-0.25, -0.2) is 4.79 Å². The second kappa shape index (κ2) is 14.6. The molecule has 22 heavy (non-hydrogen) atoms. The lowest BCUT2D eigenvalue weighted by Gasteiger charge is -2.15. The third-order valence-electron chi connectivity index (χ3n) is 3.81. The van der Waals surface area contributed by atoms with Gasteiger partial charge in [-0.05, 0) is 48.2 Å². The van der Waals surface area contributed by atoms with Crippen molar-refractivity contribution in [1.29, 1.82) is 0 Å². The number of carbonyl (C=O) groups excluding carboxylic acids is 1. The molecule has 0 aliphatic heterocycles. The average molecular weight is 363 g/mol. The molecule has 0 radical (unpaired) electrons. The third-order valence-corrected chi connectivity index (χ3v) is 5.20. The molecule has 0 saturated heterocycles. The molecular weight excluding hydrogens is 332 g/mol. The molecule has 0 rings (SSSR count). The standard InChI is InChI=1S/C17H30O2S3/c1-3-14(11-20)6-4-7-15(12-21)8-5-9-16(13-22)10-17(18)19-2/h5,9-10,14-15,20-22H,3-4,6-8,11-13H2,1-2H3. The van der Waals surface area contributed by atoms with Crippen LogP contribution in [-0.2, 0) is 9.53 Å². The highest BCUT2D eigenvalue weighted by Crippen LogP contribution is 2.20. The molecule has 0 bridgehead atoms. The Morgan fingerprint density at radius 3 is 2.27 bits per heavy atom. The number of methoxy groups -OCH3 is 1. The Labute approximate surface area is 152 Å². The van der Waals surface area contributed by atoms with Crippen molar-refractivity contribution >= 4 is 43.9 Å². The summed E-state index contributed by atoms with van der Waals surface area (Å²) in [7, 11) is 1.38. The predicted octanol–water partition coefficient (Wildman–Crippen LogP) is 4.63. The van der Waals surface area contributed by atoms with Crippen LogP contribution in [0.25, 0.3) is 0 Å². The average Bonchev–Trinajstić information content (AvgIpc) is 2.55. The number of carbonyl (C=O) groups is 1. The summed E-state index contributed by atoms with van der Waals surface area (Å²) in [6, 6.07) is 0. The maximum absolute atomic E-state index is 11.2. The van der Waals surface area contributed by atoms with Crippen LogP contribution in [0, 0.1) is 11.8 Å². The van der Waals surface area contributed by atoms with Crippen molar-refractivity contribution in [2.24, 2.45) is 11.8 Å². The molecule has 0 aromatic heterocycles. The van der Waals surface area contributed by atoms with Crippen molar-refractivity contribution in [3.05, 3.63) is 23.8 Å². The molecule has 0 saturated carbocycles. The van der Waals surface area contributed by atoms with Crippen molar-refractivity contribution in [2.45, 2.75) is 39.0 Å². The second-order valence-electron chi connectivity index (χ2n) is 5.47. The van der Waals surface area contributed by atoms with E-state index in [4.69, 9.17) is 0 Å².